The van der Waals surface area contributed by atoms with Crippen LogP contribution < -0.4 is 22.5 Å². The summed E-state index contributed by atoms with van der Waals surface area (Å²) in [7, 11) is 2.96. The molecule has 0 unspecified atom stereocenters. The molecule has 0 aliphatic heterocycles. The molecule has 12 heteroatoms. The number of aromatic hydroxyl groups is 1. The van der Waals surface area contributed by atoms with Gasteiger partial charge in [0.1, 0.15) is 22.8 Å². The Morgan fingerprint density at radius 3 is 2.38 bits per heavy atom. The molecule has 1 aromatic carbocycles. The van der Waals surface area contributed by atoms with Crippen LogP contribution in [0, 0.1) is 22.7 Å². The van der Waals surface area contributed by atoms with Crippen LogP contribution >= 0.6 is 0 Å². The molecule has 0 spiro atoms. The number of hydrogen-bond acceptors (Lipinski definition) is 11. The number of phenols is 1. The van der Waals surface area contributed by atoms with Gasteiger partial charge in [0.2, 0.25) is 0 Å². The summed E-state index contributed by atoms with van der Waals surface area (Å²) in [6.45, 7) is 6.39. The highest BCUT2D eigenvalue weighted by molar-refractivity contribution is 6.25. The standard InChI is InChI=1S/C28H36N6O6/c1-6-13-7-15(33-9-12(2)3)19(35)16-14(13)8-26(31)10-28(32)22(34(4)5)21(37)17(25(30)40)23(38)27(28,11-29)24(39)18(26)20(16)36/h7,12,22,33,35-36,38H,6,8-10,31-32H2,1-5H3,(H2,30,40)/t22-,26-,27+,28-/m1/s1. The molecule has 1 amide bonds. The van der Waals surface area contributed by atoms with Crippen LogP contribution in [0.25, 0.3) is 5.76 Å². The lowest BCUT2D eigenvalue weighted by Crippen LogP contribution is -2.80. The summed E-state index contributed by atoms with van der Waals surface area (Å²) >= 11 is 0. The smallest absolute Gasteiger partial charge is 0.255 e. The van der Waals surface area contributed by atoms with Crippen molar-refractivity contribution in [1.82, 2.24) is 4.90 Å². The van der Waals surface area contributed by atoms with Crippen molar-refractivity contribution in [3.8, 4) is 11.8 Å². The highest BCUT2D eigenvalue weighted by Crippen LogP contribution is 2.58. The average molecular weight is 553 g/mol. The molecule has 1 fully saturated rings. The predicted octanol–water partition coefficient (Wildman–Crippen LogP) is 0.536. The van der Waals surface area contributed by atoms with Crippen LogP contribution in [0.15, 0.2) is 23.0 Å². The van der Waals surface area contributed by atoms with Gasteiger partial charge >= 0.3 is 0 Å². The normalized spacial score (nSPS) is 29.8. The lowest BCUT2D eigenvalue weighted by molar-refractivity contribution is -0.139. The fourth-order valence-electron chi connectivity index (χ4n) is 6.74. The Morgan fingerprint density at radius 1 is 1.25 bits per heavy atom. The summed E-state index contributed by atoms with van der Waals surface area (Å²) in [6, 6.07) is 2.10. The predicted molar refractivity (Wildman–Crippen MR) is 147 cm³/mol. The highest BCUT2D eigenvalue weighted by Gasteiger charge is 2.74. The topological polar surface area (TPSA) is 229 Å². The molecule has 4 atom stereocenters. The highest BCUT2D eigenvalue weighted by atomic mass is 16.3. The number of carbonyl (C=O) groups is 3. The second kappa shape index (κ2) is 9.33. The number of benzene rings is 1. The van der Waals surface area contributed by atoms with E-state index in [0.29, 0.717) is 24.2 Å². The maximum Gasteiger partial charge on any atom is 0.255 e. The second-order valence-corrected chi connectivity index (χ2v) is 11.7. The SMILES string of the molecule is CCc1cc(NCC(C)C)c(O)c2c1C[C@@]1(N)C[C@@]3(N)[C@H](N(C)C)C(=O)C(C(N)=O)=C(O)[C@@]3(C#N)C(=O)C1=C2O. The van der Waals surface area contributed by atoms with Gasteiger partial charge < -0.3 is 37.8 Å². The fourth-order valence-corrected chi connectivity index (χ4v) is 6.74. The van der Waals surface area contributed by atoms with Crippen LogP contribution in [0.3, 0.4) is 0 Å². The van der Waals surface area contributed by atoms with Crippen LogP contribution in [-0.4, -0.2) is 75.5 Å². The number of rotatable bonds is 6. The average Bonchev–Trinajstić information content (AvgIpc) is 2.82. The van der Waals surface area contributed by atoms with Crippen LogP contribution in [0.1, 0.15) is 43.9 Å². The van der Waals surface area contributed by atoms with Crippen molar-refractivity contribution >= 4 is 28.9 Å². The fraction of sp³-hybridized carbons (Fsp3) is 0.500. The first-order chi connectivity index (χ1) is 18.5. The number of nitriles is 1. The lowest BCUT2D eigenvalue weighted by Gasteiger charge is -2.58. The van der Waals surface area contributed by atoms with Gasteiger partial charge in [-0.1, -0.05) is 20.8 Å². The molecule has 10 N–H and O–H groups in total. The number of amides is 1. The molecule has 40 heavy (non-hydrogen) atoms. The van der Waals surface area contributed by atoms with E-state index in [2.05, 4.69) is 5.32 Å². The Labute approximate surface area is 232 Å². The minimum atomic E-state index is -2.68. The third-order valence-corrected chi connectivity index (χ3v) is 8.42. The van der Waals surface area contributed by atoms with E-state index in [1.165, 1.54) is 19.0 Å². The van der Waals surface area contributed by atoms with Crippen LogP contribution in [-0.2, 0) is 27.2 Å². The zero-order chi connectivity index (χ0) is 30.1. The summed E-state index contributed by atoms with van der Waals surface area (Å²) < 4.78 is 0. The third-order valence-electron chi connectivity index (χ3n) is 8.42. The number of aliphatic hydroxyl groups is 2. The second-order valence-electron chi connectivity index (χ2n) is 11.7. The Morgan fingerprint density at radius 2 is 1.88 bits per heavy atom. The van der Waals surface area contributed by atoms with Gasteiger partial charge in [-0.3, -0.25) is 19.3 Å². The third kappa shape index (κ3) is 3.58. The molecule has 0 heterocycles. The Hall–Kier alpha value is -3.92. The maximum atomic E-state index is 14.4. The van der Waals surface area contributed by atoms with Gasteiger partial charge in [0.05, 0.1) is 40.0 Å². The maximum absolute atomic E-state index is 14.4. The number of ketones is 2. The van der Waals surface area contributed by atoms with Gasteiger partial charge in [0.25, 0.3) is 5.91 Å². The summed E-state index contributed by atoms with van der Waals surface area (Å²) in [5.74, 6) is -5.32. The molecule has 0 aromatic heterocycles. The molecule has 1 saturated carbocycles. The van der Waals surface area contributed by atoms with Gasteiger partial charge in [-0.05, 0) is 56.5 Å². The first kappa shape index (κ1) is 29.1. The number of hydrogen-bond donors (Lipinski definition) is 7. The molecule has 214 valence electrons. The zero-order valence-corrected chi connectivity index (χ0v) is 23.3. The number of nitrogens with one attached hydrogen (secondary N) is 1. The lowest BCUT2D eigenvalue weighted by atomic mass is 9.47. The largest absolute Gasteiger partial charge is 0.509 e. The van der Waals surface area contributed by atoms with Gasteiger partial charge in [-0.2, -0.15) is 5.26 Å². The molecule has 3 aliphatic rings. The zero-order valence-electron chi connectivity index (χ0n) is 23.3. The number of fused-ring (bicyclic) bond motifs is 3. The summed E-state index contributed by atoms with van der Waals surface area (Å²) in [5, 5.41) is 47.8. The number of phenolic OH excluding ortho intramolecular Hbond substituents is 1. The Balaban J connectivity index is 2.09. The van der Waals surface area contributed by atoms with E-state index in [-0.39, 0.29) is 23.7 Å². The number of Topliss-reactive ketones (excluding diaryl/α,β-unsaturated/α-hetero) is 2. The van der Waals surface area contributed by atoms with Crippen molar-refractivity contribution in [2.24, 2.45) is 28.5 Å². The summed E-state index contributed by atoms with van der Waals surface area (Å²) in [5.41, 5.74) is 12.9. The minimum absolute atomic E-state index is 0.0118. The monoisotopic (exact) mass is 552 g/mol. The number of likely N-dealkylation sites (N-methyl/N-ethyl adjacent to an activating group) is 1. The van der Waals surface area contributed by atoms with E-state index in [0.717, 1.165) is 5.56 Å². The van der Waals surface area contributed by atoms with Crippen molar-refractivity contribution in [3.05, 3.63) is 39.7 Å². The van der Waals surface area contributed by atoms with Crippen LogP contribution in [0.5, 0.6) is 5.75 Å². The molecule has 4 rings (SSSR count). The summed E-state index contributed by atoms with van der Waals surface area (Å²) in [4.78, 5) is 41.5. The summed E-state index contributed by atoms with van der Waals surface area (Å²) in [6.07, 6.45) is 0.0442. The number of aliphatic hydroxyl groups excluding tert-OH is 2. The molecule has 0 saturated heterocycles. The van der Waals surface area contributed by atoms with Gasteiger partial charge in [0.15, 0.2) is 17.0 Å². The van der Waals surface area contributed by atoms with Gasteiger partial charge in [-0.15, -0.1) is 0 Å². The molecule has 0 radical (unpaired) electrons. The molecule has 1 aromatic rings. The van der Waals surface area contributed by atoms with Crippen molar-refractivity contribution < 1.29 is 29.7 Å². The number of aryl methyl sites for hydroxylation is 1. The number of carbonyl (C=O) groups excluding carboxylic acids is 3. The number of nitrogens with two attached hydrogens (primary N) is 3. The number of anilines is 1. The first-order valence-corrected chi connectivity index (χ1v) is 13.1. The van der Waals surface area contributed by atoms with E-state index in [1.54, 1.807) is 12.1 Å². The number of primary amides is 1. The van der Waals surface area contributed by atoms with Crippen molar-refractivity contribution in [2.75, 3.05) is 26.0 Å². The molecule has 0 bridgehead atoms. The van der Waals surface area contributed by atoms with Crippen molar-refractivity contribution in [1.29, 1.82) is 5.26 Å². The van der Waals surface area contributed by atoms with Crippen molar-refractivity contribution in [2.45, 2.75) is 57.2 Å². The van der Waals surface area contributed by atoms with E-state index < -0.39 is 69.1 Å². The van der Waals surface area contributed by atoms with E-state index in [4.69, 9.17) is 17.2 Å². The van der Waals surface area contributed by atoms with Gasteiger partial charge in [0, 0.05) is 6.54 Å². The van der Waals surface area contributed by atoms with Crippen molar-refractivity contribution in [3.63, 3.8) is 0 Å². The Kier molecular flexibility index (Phi) is 6.78. The molecular weight excluding hydrogens is 516 g/mol. The minimum Gasteiger partial charge on any atom is -0.509 e. The van der Waals surface area contributed by atoms with E-state index in [1.807, 2.05) is 20.8 Å². The van der Waals surface area contributed by atoms with Crippen LogP contribution in [0.2, 0.25) is 0 Å². The van der Waals surface area contributed by atoms with Crippen LogP contribution in [0.4, 0.5) is 5.69 Å². The Bertz CT molecular complexity index is 1460. The van der Waals surface area contributed by atoms with E-state index >= 15 is 0 Å². The first-order valence-electron chi connectivity index (χ1n) is 13.1. The molecular formula is C28H36N6O6. The molecule has 12 nitrogen and oxygen atoms in total. The molecule has 3 aliphatic carbocycles. The quantitative estimate of drug-likeness (QED) is 0.190. The van der Waals surface area contributed by atoms with E-state index in [9.17, 15) is 35.0 Å². The number of nitrogens with zero attached hydrogens (tertiary/aromatic N) is 2. The van der Waals surface area contributed by atoms with Gasteiger partial charge in [-0.25, -0.2) is 0 Å².